The van der Waals surface area contributed by atoms with Crippen molar-refractivity contribution in [1.29, 1.82) is 0 Å². The van der Waals surface area contributed by atoms with E-state index in [-0.39, 0.29) is 0 Å². The SMILES string of the molecule is CC1=CCC=CC(C2=Cc3ccccc3CC2)=C1. The van der Waals surface area contributed by atoms with E-state index in [0.717, 1.165) is 19.3 Å². The lowest BCUT2D eigenvalue weighted by molar-refractivity contribution is 0.940. The summed E-state index contributed by atoms with van der Waals surface area (Å²) in [7, 11) is 0. The first-order valence-corrected chi connectivity index (χ1v) is 6.67. The predicted octanol–water partition coefficient (Wildman–Crippen LogP) is 4.85. The Labute approximate surface area is 109 Å². The van der Waals surface area contributed by atoms with Crippen molar-refractivity contribution in [2.75, 3.05) is 0 Å². The summed E-state index contributed by atoms with van der Waals surface area (Å²) in [6.07, 6.45) is 14.8. The molecule has 0 heteroatoms. The molecule has 0 bridgehead atoms. The predicted molar refractivity (Wildman–Crippen MR) is 78.3 cm³/mol. The van der Waals surface area contributed by atoms with Gasteiger partial charge in [0.1, 0.15) is 0 Å². The summed E-state index contributed by atoms with van der Waals surface area (Å²) >= 11 is 0. The van der Waals surface area contributed by atoms with E-state index in [1.54, 1.807) is 0 Å². The Balaban J connectivity index is 2.00. The molecule has 0 unspecified atom stereocenters. The highest BCUT2D eigenvalue weighted by Crippen LogP contribution is 2.30. The molecule has 0 aliphatic heterocycles. The van der Waals surface area contributed by atoms with Crippen LogP contribution in [0, 0.1) is 0 Å². The maximum atomic E-state index is 2.35. The van der Waals surface area contributed by atoms with Crippen LogP contribution in [-0.4, -0.2) is 0 Å². The van der Waals surface area contributed by atoms with Crippen LogP contribution in [0.5, 0.6) is 0 Å². The first kappa shape index (κ1) is 11.3. The van der Waals surface area contributed by atoms with Gasteiger partial charge in [-0.2, -0.15) is 0 Å². The topological polar surface area (TPSA) is 0 Å². The number of hydrogen-bond donors (Lipinski definition) is 0. The second kappa shape index (κ2) is 4.81. The molecule has 0 saturated heterocycles. The van der Waals surface area contributed by atoms with Gasteiger partial charge in [0.2, 0.25) is 0 Å². The van der Waals surface area contributed by atoms with Gasteiger partial charge in [0.25, 0.3) is 0 Å². The van der Waals surface area contributed by atoms with E-state index in [0.29, 0.717) is 0 Å². The average molecular weight is 234 g/mol. The summed E-state index contributed by atoms with van der Waals surface area (Å²) in [4.78, 5) is 0. The Morgan fingerprint density at radius 2 is 1.89 bits per heavy atom. The Morgan fingerprint density at radius 3 is 2.83 bits per heavy atom. The van der Waals surface area contributed by atoms with E-state index in [9.17, 15) is 0 Å². The highest BCUT2D eigenvalue weighted by molar-refractivity contribution is 5.66. The van der Waals surface area contributed by atoms with Crippen molar-refractivity contribution in [2.24, 2.45) is 0 Å². The smallest absolute Gasteiger partial charge is 0.0160 e. The Bertz CT molecular complexity index is 580. The zero-order valence-corrected chi connectivity index (χ0v) is 10.8. The molecule has 0 saturated carbocycles. The van der Waals surface area contributed by atoms with Gasteiger partial charge in [0.15, 0.2) is 0 Å². The normalized spacial score (nSPS) is 18.4. The zero-order valence-electron chi connectivity index (χ0n) is 10.8. The summed E-state index contributed by atoms with van der Waals surface area (Å²) in [5.41, 5.74) is 7.09. The van der Waals surface area contributed by atoms with Gasteiger partial charge >= 0.3 is 0 Å². The van der Waals surface area contributed by atoms with Gasteiger partial charge < -0.3 is 0 Å². The lowest BCUT2D eigenvalue weighted by atomic mass is 9.88. The fraction of sp³-hybridized carbons (Fsp3) is 0.222. The maximum absolute atomic E-state index is 2.35. The van der Waals surface area contributed by atoms with Crippen LogP contribution >= 0.6 is 0 Å². The standard InChI is InChI=1S/C18H18/c1-14-6-2-3-8-16(12-14)18-11-10-15-7-4-5-9-17(15)13-18/h3-9,12-13H,2,10-11H2,1H3. The van der Waals surface area contributed by atoms with Crippen molar-refractivity contribution in [2.45, 2.75) is 26.2 Å². The first-order valence-electron chi connectivity index (χ1n) is 6.67. The van der Waals surface area contributed by atoms with Gasteiger partial charge in [-0.3, -0.25) is 0 Å². The van der Waals surface area contributed by atoms with Gasteiger partial charge in [0.05, 0.1) is 0 Å². The van der Waals surface area contributed by atoms with Crippen LogP contribution in [0.15, 0.2) is 65.3 Å². The molecule has 90 valence electrons. The summed E-state index contributed by atoms with van der Waals surface area (Å²) < 4.78 is 0. The molecule has 0 atom stereocenters. The Kier molecular flexibility index (Phi) is 3.02. The molecule has 0 spiro atoms. The summed E-state index contributed by atoms with van der Waals surface area (Å²) in [5, 5.41) is 0. The summed E-state index contributed by atoms with van der Waals surface area (Å²) in [6.45, 7) is 2.18. The maximum Gasteiger partial charge on any atom is -0.0160 e. The second-order valence-electron chi connectivity index (χ2n) is 5.05. The lowest BCUT2D eigenvalue weighted by Gasteiger charge is -2.17. The van der Waals surface area contributed by atoms with Crippen molar-refractivity contribution < 1.29 is 0 Å². The van der Waals surface area contributed by atoms with Crippen molar-refractivity contribution in [3.05, 3.63) is 76.4 Å². The van der Waals surface area contributed by atoms with Crippen LogP contribution in [0.25, 0.3) is 6.08 Å². The fourth-order valence-electron chi connectivity index (χ4n) is 2.66. The van der Waals surface area contributed by atoms with Crippen molar-refractivity contribution in [1.82, 2.24) is 0 Å². The molecule has 3 rings (SSSR count). The zero-order chi connectivity index (χ0) is 12.4. The number of hydrogen-bond acceptors (Lipinski definition) is 0. The number of rotatable bonds is 1. The monoisotopic (exact) mass is 234 g/mol. The van der Waals surface area contributed by atoms with E-state index in [2.05, 4.69) is 61.6 Å². The number of allylic oxidation sites excluding steroid dienone is 7. The number of fused-ring (bicyclic) bond motifs is 1. The molecule has 1 aromatic rings. The third-order valence-electron chi connectivity index (χ3n) is 3.68. The second-order valence-corrected chi connectivity index (χ2v) is 5.05. The van der Waals surface area contributed by atoms with E-state index in [1.165, 1.54) is 27.8 Å². The summed E-state index contributed by atoms with van der Waals surface area (Å²) in [6, 6.07) is 8.72. The Hall–Kier alpha value is -1.82. The molecule has 0 aromatic heterocycles. The largest absolute Gasteiger partial charge is 0.0801 e. The highest BCUT2D eigenvalue weighted by atomic mass is 14.2. The minimum atomic E-state index is 1.05. The first-order chi connectivity index (χ1) is 8.83. The van der Waals surface area contributed by atoms with Gasteiger partial charge in [0, 0.05) is 0 Å². The minimum Gasteiger partial charge on any atom is -0.0801 e. The van der Waals surface area contributed by atoms with Crippen LogP contribution in [0.4, 0.5) is 0 Å². The summed E-state index contributed by atoms with van der Waals surface area (Å²) in [5.74, 6) is 0. The molecule has 0 heterocycles. The molecule has 0 nitrogen and oxygen atoms in total. The number of aryl methyl sites for hydroxylation is 1. The van der Waals surface area contributed by atoms with E-state index in [4.69, 9.17) is 0 Å². The fourth-order valence-corrected chi connectivity index (χ4v) is 2.66. The third-order valence-corrected chi connectivity index (χ3v) is 3.68. The highest BCUT2D eigenvalue weighted by Gasteiger charge is 2.12. The molecule has 2 aliphatic rings. The van der Waals surface area contributed by atoms with Gasteiger partial charge in [-0.05, 0) is 48.5 Å². The van der Waals surface area contributed by atoms with Crippen LogP contribution in [0.1, 0.15) is 30.9 Å². The quantitative estimate of drug-likeness (QED) is 0.651. The van der Waals surface area contributed by atoms with Crippen LogP contribution < -0.4 is 0 Å². The van der Waals surface area contributed by atoms with E-state index >= 15 is 0 Å². The average Bonchev–Trinajstić information content (AvgIpc) is 2.63. The third kappa shape index (κ3) is 2.24. The van der Waals surface area contributed by atoms with Crippen molar-refractivity contribution in [3.8, 4) is 0 Å². The lowest BCUT2D eigenvalue weighted by Crippen LogP contribution is -2.00. The van der Waals surface area contributed by atoms with Crippen molar-refractivity contribution in [3.63, 3.8) is 0 Å². The molecular formula is C18H18. The molecule has 0 N–H and O–H groups in total. The minimum absolute atomic E-state index is 1.05. The molecule has 18 heavy (non-hydrogen) atoms. The molecule has 0 amide bonds. The molecule has 1 aromatic carbocycles. The number of benzene rings is 1. The van der Waals surface area contributed by atoms with E-state index in [1.807, 2.05) is 0 Å². The van der Waals surface area contributed by atoms with Crippen LogP contribution in [0.3, 0.4) is 0 Å². The van der Waals surface area contributed by atoms with Crippen LogP contribution in [-0.2, 0) is 6.42 Å². The Morgan fingerprint density at radius 1 is 1.00 bits per heavy atom. The van der Waals surface area contributed by atoms with Crippen molar-refractivity contribution >= 4 is 6.08 Å². The molecule has 2 aliphatic carbocycles. The van der Waals surface area contributed by atoms with Gasteiger partial charge in [-0.25, -0.2) is 0 Å². The van der Waals surface area contributed by atoms with Gasteiger partial charge in [-0.15, -0.1) is 0 Å². The molecule has 0 radical (unpaired) electrons. The van der Waals surface area contributed by atoms with E-state index < -0.39 is 0 Å². The molecular weight excluding hydrogens is 216 g/mol. The van der Waals surface area contributed by atoms with Crippen LogP contribution in [0.2, 0.25) is 0 Å². The molecule has 0 fully saturated rings. The van der Waals surface area contributed by atoms with Gasteiger partial charge in [-0.1, -0.05) is 60.2 Å².